The topological polar surface area (TPSA) is 81.9 Å². The summed E-state index contributed by atoms with van der Waals surface area (Å²) in [7, 11) is 1.24. The lowest BCUT2D eigenvalue weighted by molar-refractivity contribution is -0.385. The lowest BCUT2D eigenvalue weighted by atomic mass is 9.93. The van der Waals surface area contributed by atoms with Crippen LogP contribution in [0.3, 0.4) is 0 Å². The van der Waals surface area contributed by atoms with Crippen molar-refractivity contribution in [2.45, 2.75) is 57.7 Å². The molecule has 1 saturated carbocycles. The van der Waals surface area contributed by atoms with Crippen molar-refractivity contribution in [1.29, 1.82) is 0 Å². The van der Waals surface area contributed by atoms with Gasteiger partial charge in [0.25, 0.3) is 5.69 Å². The van der Waals surface area contributed by atoms with Crippen LogP contribution in [0.25, 0.3) is 0 Å². The van der Waals surface area contributed by atoms with Crippen molar-refractivity contribution >= 4 is 17.3 Å². The van der Waals surface area contributed by atoms with Crippen LogP contribution in [0.4, 0.5) is 11.4 Å². The average Bonchev–Trinajstić information content (AvgIpc) is 2.98. The predicted octanol–water partition coefficient (Wildman–Crippen LogP) is 3.62. The number of anilines is 1. The standard InChI is InChI=1S/C19H26N2O5/c1-13-9-14(10-15(17(22)25-4)16(13)21(23)24)20-11-18(2,3)26-19(12-20)7-5-6-8-19/h9-10H,5-8,11-12H2,1-4H3. The Labute approximate surface area is 153 Å². The Balaban J connectivity index is 2.04. The molecule has 142 valence electrons. The molecule has 3 rings (SSSR count). The fraction of sp³-hybridized carbons (Fsp3) is 0.632. The second-order valence-electron chi connectivity index (χ2n) is 8.02. The molecule has 1 heterocycles. The van der Waals surface area contributed by atoms with Crippen LogP contribution in [-0.4, -0.2) is 42.3 Å². The number of nitro groups is 1. The number of carbonyl (C=O) groups is 1. The minimum atomic E-state index is -0.690. The van der Waals surface area contributed by atoms with Gasteiger partial charge in [0.2, 0.25) is 0 Å². The molecule has 1 aliphatic heterocycles. The first-order valence-corrected chi connectivity index (χ1v) is 8.99. The minimum Gasteiger partial charge on any atom is -0.465 e. The summed E-state index contributed by atoms with van der Waals surface area (Å²) in [6.45, 7) is 7.18. The van der Waals surface area contributed by atoms with Gasteiger partial charge in [0.15, 0.2) is 0 Å². The van der Waals surface area contributed by atoms with E-state index in [0.717, 1.165) is 37.9 Å². The number of carbonyl (C=O) groups excluding carboxylic acids is 1. The van der Waals surface area contributed by atoms with Crippen molar-refractivity contribution < 1.29 is 19.2 Å². The van der Waals surface area contributed by atoms with Crippen LogP contribution >= 0.6 is 0 Å². The van der Waals surface area contributed by atoms with Crippen molar-refractivity contribution in [1.82, 2.24) is 0 Å². The number of nitrogens with zero attached hydrogens (tertiary/aromatic N) is 2. The summed E-state index contributed by atoms with van der Waals surface area (Å²) in [6.07, 6.45) is 4.33. The van der Waals surface area contributed by atoms with Gasteiger partial charge in [0, 0.05) is 24.3 Å². The Morgan fingerprint density at radius 2 is 1.92 bits per heavy atom. The molecule has 7 heteroatoms. The molecule has 0 atom stereocenters. The summed E-state index contributed by atoms with van der Waals surface area (Å²) in [5.41, 5.74) is 0.557. The molecule has 2 aliphatic rings. The van der Waals surface area contributed by atoms with Gasteiger partial charge >= 0.3 is 5.97 Å². The zero-order valence-corrected chi connectivity index (χ0v) is 15.8. The van der Waals surface area contributed by atoms with E-state index in [1.165, 1.54) is 7.11 Å². The van der Waals surface area contributed by atoms with Crippen LogP contribution in [0.2, 0.25) is 0 Å². The Morgan fingerprint density at radius 1 is 1.27 bits per heavy atom. The molecular weight excluding hydrogens is 336 g/mol. The number of ether oxygens (including phenoxy) is 2. The summed E-state index contributed by atoms with van der Waals surface area (Å²) in [5.74, 6) is -0.690. The van der Waals surface area contributed by atoms with Crippen LogP contribution in [0.1, 0.15) is 55.5 Å². The third-order valence-corrected chi connectivity index (χ3v) is 5.30. The van der Waals surface area contributed by atoms with Crippen LogP contribution in [0.15, 0.2) is 12.1 Å². The molecule has 7 nitrogen and oxygen atoms in total. The van der Waals surface area contributed by atoms with Crippen molar-refractivity contribution in [3.8, 4) is 0 Å². The number of aryl methyl sites for hydroxylation is 1. The molecular formula is C19H26N2O5. The summed E-state index contributed by atoms with van der Waals surface area (Å²) >= 11 is 0. The number of hydrogen-bond acceptors (Lipinski definition) is 6. The smallest absolute Gasteiger partial charge is 0.344 e. The van der Waals surface area contributed by atoms with Crippen molar-refractivity contribution in [3.05, 3.63) is 33.4 Å². The molecule has 0 radical (unpaired) electrons. The third-order valence-electron chi connectivity index (χ3n) is 5.30. The van der Waals surface area contributed by atoms with E-state index in [9.17, 15) is 14.9 Å². The molecule has 1 saturated heterocycles. The van der Waals surface area contributed by atoms with E-state index in [1.807, 2.05) is 0 Å². The molecule has 0 N–H and O–H groups in total. The Hall–Kier alpha value is -2.15. The number of methoxy groups -OCH3 is 1. The number of nitro benzene ring substituents is 1. The highest BCUT2D eigenvalue weighted by Gasteiger charge is 2.46. The quantitative estimate of drug-likeness (QED) is 0.464. The molecule has 0 aromatic heterocycles. The van der Waals surface area contributed by atoms with E-state index in [0.29, 0.717) is 12.1 Å². The first kappa shape index (κ1) is 18.6. The number of benzene rings is 1. The van der Waals surface area contributed by atoms with E-state index in [4.69, 9.17) is 9.47 Å². The zero-order chi connectivity index (χ0) is 19.1. The molecule has 1 aromatic rings. The summed E-state index contributed by atoms with van der Waals surface area (Å²) in [5, 5.41) is 11.4. The van der Waals surface area contributed by atoms with E-state index < -0.39 is 10.9 Å². The number of morpholine rings is 1. The molecule has 26 heavy (non-hydrogen) atoms. The normalized spacial score (nSPS) is 21.0. The van der Waals surface area contributed by atoms with E-state index in [1.54, 1.807) is 19.1 Å². The number of rotatable bonds is 3. The monoisotopic (exact) mass is 362 g/mol. The maximum absolute atomic E-state index is 12.1. The molecule has 0 amide bonds. The van der Waals surface area contributed by atoms with Gasteiger partial charge in [-0.3, -0.25) is 10.1 Å². The van der Waals surface area contributed by atoms with Gasteiger partial charge in [-0.15, -0.1) is 0 Å². The summed E-state index contributed by atoms with van der Waals surface area (Å²) < 4.78 is 11.2. The first-order valence-electron chi connectivity index (χ1n) is 8.99. The fourth-order valence-corrected chi connectivity index (χ4v) is 4.43. The van der Waals surface area contributed by atoms with Gasteiger partial charge in [0.1, 0.15) is 5.56 Å². The molecule has 2 fully saturated rings. The highest BCUT2D eigenvalue weighted by Crippen LogP contribution is 2.42. The Morgan fingerprint density at radius 3 is 2.50 bits per heavy atom. The third kappa shape index (κ3) is 3.40. The van der Waals surface area contributed by atoms with Gasteiger partial charge in [-0.2, -0.15) is 0 Å². The molecule has 1 spiro atoms. The largest absolute Gasteiger partial charge is 0.465 e. The van der Waals surface area contributed by atoms with Gasteiger partial charge in [-0.1, -0.05) is 12.8 Å². The van der Waals surface area contributed by atoms with Crippen LogP contribution in [-0.2, 0) is 9.47 Å². The van der Waals surface area contributed by atoms with E-state index in [-0.39, 0.29) is 22.5 Å². The number of esters is 1. The first-order chi connectivity index (χ1) is 12.2. The van der Waals surface area contributed by atoms with E-state index >= 15 is 0 Å². The highest BCUT2D eigenvalue weighted by molar-refractivity contribution is 5.96. The van der Waals surface area contributed by atoms with Crippen molar-refractivity contribution in [3.63, 3.8) is 0 Å². The van der Waals surface area contributed by atoms with Gasteiger partial charge in [0.05, 0.1) is 23.2 Å². The Bertz CT molecular complexity index is 738. The SMILES string of the molecule is COC(=O)c1cc(N2CC(C)(C)OC3(CCCC3)C2)cc(C)c1[N+](=O)[O-]. The summed E-state index contributed by atoms with van der Waals surface area (Å²) in [4.78, 5) is 25.2. The second kappa shape index (κ2) is 6.54. The average molecular weight is 362 g/mol. The lowest BCUT2D eigenvalue weighted by Crippen LogP contribution is -2.58. The molecule has 0 bridgehead atoms. The molecule has 1 aromatic carbocycles. The van der Waals surface area contributed by atoms with Crippen molar-refractivity contribution in [2.75, 3.05) is 25.1 Å². The fourth-order valence-electron chi connectivity index (χ4n) is 4.43. The zero-order valence-electron chi connectivity index (χ0n) is 15.8. The van der Waals surface area contributed by atoms with Crippen LogP contribution in [0, 0.1) is 17.0 Å². The van der Waals surface area contributed by atoms with Gasteiger partial charge in [-0.25, -0.2) is 4.79 Å². The number of hydrogen-bond donors (Lipinski definition) is 0. The van der Waals surface area contributed by atoms with E-state index in [2.05, 4.69) is 18.7 Å². The minimum absolute atomic E-state index is 0.00253. The van der Waals surface area contributed by atoms with Crippen LogP contribution < -0.4 is 4.90 Å². The van der Waals surface area contributed by atoms with Crippen molar-refractivity contribution in [2.24, 2.45) is 0 Å². The Kier molecular flexibility index (Phi) is 4.69. The second-order valence-corrected chi connectivity index (χ2v) is 8.02. The van der Waals surface area contributed by atoms with Gasteiger partial charge in [-0.05, 0) is 45.7 Å². The lowest BCUT2D eigenvalue weighted by Gasteiger charge is -2.49. The van der Waals surface area contributed by atoms with Crippen LogP contribution in [0.5, 0.6) is 0 Å². The van der Waals surface area contributed by atoms with Gasteiger partial charge < -0.3 is 14.4 Å². The molecule has 0 unspecified atom stereocenters. The maximum Gasteiger partial charge on any atom is 0.344 e. The summed E-state index contributed by atoms with van der Waals surface area (Å²) in [6, 6.07) is 3.37. The highest BCUT2D eigenvalue weighted by atomic mass is 16.6. The predicted molar refractivity (Wildman–Crippen MR) is 97.7 cm³/mol. The molecule has 1 aliphatic carbocycles. The maximum atomic E-state index is 12.1.